The molecule has 2 heterocycles. The predicted octanol–water partition coefficient (Wildman–Crippen LogP) is 4.33. The first kappa shape index (κ1) is 19.5. The molecule has 148 valence electrons. The number of halogens is 1. The van der Waals surface area contributed by atoms with Crippen molar-refractivity contribution in [3.63, 3.8) is 0 Å². The Labute approximate surface area is 175 Å². The van der Waals surface area contributed by atoms with Crippen LogP contribution < -0.4 is 10.3 Å². The van der Waals surface area contributed by atoms with Gasteiger partial charge in [-0.3, -0.25) is 4.79 Å². The smallest absolute Gasteiger partial charge is 0.341 e. The predicted molar refractivity (Wildman–Crippen MR) is 111 cm³/mol. The van der Waals surface area contributed by atoms with Crippen molar-refractivity contribution in [2.24, 2.45) is 0 Å². The molecule has 28 heavy (non-hydrogen) atoms. The van der Waals surface area contributed by atoms with E-state index in [9.17, 15) is 14.7 Å². The van der Waals surface area contributed by atoms with Crippen LogP contribution in [-0.4, -0.2) is 36.0 Å². The van der Waals surface area contributed by atoms with Crippen LogP contribution in [0.15, 0.2) is 32.4 Å². The number of fused-ring (bicyclic) bond motifs is 3. The van der Waals surface area contributed by atoms with E-state index in [1.54, 1.807) is 23.4 Å². The van der Waals surface area contributed by atoms with Crippen LogP contribution in [0.25, 0.3) is 11.3 Å². The Morgan fingerprint density at radius 3 is 2.79 bits per heavy atom. The number of benzene rings is 1. The van der Waals surface area contributed by atoms with Crippen LogP contribution in [0.3, 0.4) is 0 Å². The van der Waals surface area contributed by atoms with Gasteiger partial charge >= 0.3 is 5.97 Å². The van der Waals surface area contributed by atoms with E-state index < -0.39 is 11.5 Å². The van der Waals surface area contributed by atoms with Crippen molar-refractivity contribution in [3.05, 3.63) is 44.2 Å². The van der Waals surface area contributed by atoms with Crippen LogP contribution in [0.1, 0.15) is 41.2 Å². The largest absolute Gasteiger partial charge is 0.492 e. The first-order chi connectivity index (χ1) is 13.5. The van der Waals surface area contributed by atoms with E-state index in [1.807, 2.05) is 12.1 Å². The van der Waals surface area contributed by atoms with Crippen molar-refractivity contribution in [1.82, 2.24) is 4.57 Å². The molecule has 2 aromatic rings. The molecule has 1 N–H and O–H groups in total. The van der Waals surface area contributed by atoms with Crippen molar-refractivity contribution in [3.8, 4) is 17.0 Å². The number of rotatable bonds is 7. The number of ether oxygens (including phenoxy) is 2. The van der Waals surface area contributed by atoms with Crippen LogP contribution in [-0.2, 0) is 10.5 Å². The van der Waals surface area contributed by atoms with Gasteiger partial charge in [-0.2, -0.15) is 0 Å². The van der Waals surface area contributed by atoms with Gasteiger partial charge in [-0.05, 0) is 52.5 Å². The number of methoxy groups -OCH3 is 1. The maximum absolute atomic E-state index is 12.9. The fourth-order valence-corrected chi connectivity index (χ4v) is 4.92. The lowest BCUT2D eigenvalue weighted by atomic mass is 10.0. The summed E-state index contributed by atoms with van der Waals surface area (Å²) in [5.74, 6) is 0.215. The molecule has 2 aliphatic rings. The summed E-state index contributed by atoms with van der Waals surface area (Å²) >= 11 is 5.21. The third kappa shape index (κ3) is 3.60. The number of aromatic carboxylic acids is 1. The van der Waals surface area contributed by atoms with Crippen LogP contribution in [0.4, 0.5) is 0 Å². The molecule has 0 unspecified atom stereocenters. The lowest BCUT2D eigenvalue weighted by molar-refractivity contribution is 0.0694. The minimum Gasteiger partial charge on any atom is -0.492 e. The lowest BCUT2D eigenvalue weighted by Crippen LogP contribution is -2.29. The van der Waals surface area contributed by atoms with Crippen molar-refractivity contribution < 1.29 is 19.4 Å². The molecular formula is C20H20BrNO5S. The van der Waals surface area contributed by atoms with Gasteiger partial charge in [-0.1, -0.05) is 0 Å². The molecule has 0 amide bonds. The maximum atomic E-state index is 12.9. The zero-order valence-electron chi connectivity index (χ0n) is 15.4. The van der Waals surface area contributed by atoms with Crippen molar-refractivity contribution >= 4 is 33.7 Å². The SMILES string of the molecule is COCCCOc1cc2c(cc1Br)-c1c(cc(C(=O)O)c(=O)n1C1CC1)CS2. The van der Waals surface area contributed by atoms with Gasteiger partial charge in [0.05, 0.1) is 16.8 Å². The minimum atomic E-state index is -1.17. The highest BCUT2D eigenvalue weighted by atomic mass is 79.9. The summed E-state index contributed by atoms with van der Waals surface area (Å²) in [6.45, 7) is 1.20. The summed E-state index contributed by atoms with van der Waals surface area (Å²) in [5.41, 5.74) is 2.12. The van der Waals surface area contributed by atoms with E-state index in [2.05, 4.69) is 15.9 Å². The summed E-state index contributed by atoms with van der Waals surface area (Å²) in [6, 6.07) is 5.59. The van der Waals surface area contributed by atoms with Gasteiger partial charge in [0.15, 0.2) is 0 Å². The fourth-order valence-electron chi connectivity index (χ4n) is 3.43. The highest BCUT2D eigenvalue weighted by Gasteiger charge is 2.33. The Morgan fingerprint density at radius 2 is 2.11 bits per heavy atom. The van der Waals surface area contributed by atoms with Crippen LogP contribution in [0, 0.1) is 0 Å². The normalized spacial score (nSPS) is 15.1. The highest BCUT2D eigenvalue weighted by Crippen LogP contribution is 2.48. The molecule has 0 radical (unpaired) electrons. The van der Waals surface area contributed by atoms with Gasteiger partial charge in [0.2, 0.25) is 0 Å². The van der Waals surface area contributed by atoms with Crippen LogP contribution in [0.5, 0.6) is 5.75 Å². The molecule has 0 atom stereocenters. The second-order valence-corrected chi connectivity index (χ2v) is 8.78. The Morgan fingerprint density at radius 1 is 1.32 bits per heavy atom. The van der Waals surface area contributed by atoms with E-state index >= 15 is 0 Å². The molecule has 1 saturated carbocycles. The molecule has 0 spiro atoms. The molecule has 1 aromatic carbocycles. The minimum absolute atomic E-state index is 0.0836. The molecule has 1 aromatic heterocycles. The van der Waals surface area contributed by atoms with E-state index in [0.29, 0.717) is 19.0 Å². The Kier molecular flexibility index (Phi) is 5.53. The van der Waals surface area contributed by atoms with Crippen molar-refractivity contribution in [2.45, 2.75) is 36.0 Å². The molecule has 1 aliphatic carbocycles. The van der Waals surface area contributed by atoms with Gasteiger partial charge in [-0.15, -0.1) is 11.8 Å². The summed E-state index contributed by atoms with van der Waals surface area (Å²) in [7, 11) is 1.66. The van der Waals surface area contributed by atoms with E-state index in [-0.39, 0.29) is 11.6 Å². The summed E-state index contributed by atoms with van der Waals surface area (Å²) in [4.78, 5) is 25.4. The molecule has 6 nitrogen and oxygen atoms in total. The average Bonchev–Trinajstić information content (AvgIpc) is 3.50. The second kappa shape index (κ2) is 7.93. The zero-order chi connectivity index (χ0) is 19.8. The average molecular weight is 466 g/mol. The van der Waals surface area contributed by atoms with Gasteiger partial charge in [0.25, 0.3) is 5.56 Å². The van der Waals surface area contributed by atoms with Crippen LogP contribution in [0.2, 0.25) is 0 Å². The number of carboxylic acids is 1. The number of nitrogens with zero attached hydrogens (tertiary/aromatic N) is 1. The lowest BCUT2D eigenvalue weighted by Gasteiger charge is -2.25. The number of carbonyl (C=O) groups is 1. The first-order valence-corrected chi connectivity index (χ1v) is 10.9. The molecule has 0 saturated heterocycles. The van der Waals surface area contributed by atoms with Crippen molar-refractivity contribution in [1.29, 1.82) is 0 Å². The van der Waals surface area contributed by atoms with Gasteiger partial charge in [0, 0.05) is 42.4 Å². The molecule has 1 fully saturated rings. The quantitative estimate of drug-likeness (QED) is 0.613. The van der Waals surface area contributed by atoms with E-state index in [1.165, 1.54) is 6.07 Å². The number of pyridine rings is 1. The number of hydrogen-bond acceptors (Lipinski definition) is 5. The molecule has 4 rings (SSSR count). The monoisotopic (exact) mass is 465 g/mol. The maximum Gasteiger partial charge on any atom is 0.341 e. The summed E-state index contributed by atoms with van der Waals surface area (Å²) in [5, 5.41) is 9.44. The van der Waals surface area contributed by atoms with Gasteiger partial charge in [0.1, 0.15) is 11.3 Å². The summed E-state index contributed by atoms with van der Waals surface area (Å²) < 4.78 is 13.4. The molecule has 1 aliphatic heterocycles. The molecule has 0 bridgehead atoms. The van der Waals surface area contributed by atoms with E-state index in [4.69, 9.17) is 9.47 Å². The van der Waals surface area contributed by atoms with Crippen molar-refractivity contribution in [2.75, 3.05) is 20.3 Å². The number of aromatic nitrogens is 1. The second-order valence-electron chi connectivity index (χ2n) is 6.91. The third-order valence-corrected chi connectivity index (χ3v) is 6.60. The first-order valence-electron chi connectivity index (χ1n) is 9.11. The highest BCUT2D eigenvalue weighted by molar-refractivity contribution is 9.10. The Hall–Kier alpha value is -1.77. The zero-order valence-corrected chi connectivity index (χ0v) is 17.8. The van der Waals surface area contributed by atoms with Crippen LogP contribution >= 0.6 is 27.7 Å². The van der Waals surface area contributed by atoms with Gasteiger partial charge < -0.3 is 19.1 Å². The van der Waals surface area contributed by atoms with E-state index in [0.717, 1.165) is 51.2 Å². The third-order valence-electron chi connectivity index (χ3n) is 4.88. The Bertz CT molecular complexity index is 999. The number of carboxylic acid groups (broad SMARTS) is 1. The summed E-state index contributed by atoms with van der Waals surface area (Å²) in [6.07, 6.45) is 2.61. The number of thioether (sulfide) groups is 1. The van der Waals surface area contributed by atoms with Gasteiger partial charge in [-0.25, -0.2) is 4.79 Å². The standard InChI is InChI=1S/C20H20BrNO5S/c1-26-5-2-6-27-16-9-17-13(8-15(16)21)18-11(10-28-17)7-14(20(24)25)19(23)22(18)12-3-4-12/h7-9,12H,2-6,10H2,1H3,(H,24,25). The number of hydrogen-bond donors (Lipinski definition) is 1. The Balaban J connectivity index is 1.78. The molecular weight excluding hydrogens is 446 g/mol. The topological polar surface area (TPSA) is 77.8 Å². The molecule has 8 heteroatoms. The fraction of sp³-hybridized carbons (Fsp3) is 0.400.